The monoisotopic (exact) mass is 288 g/mol. The van der Waals surface area contributed by atoms with E-state index in [2.05, 4.69) is 44.8 Å². The Morgan fingerprint density at radius 1 is 1.32 bits per heavy atom. The predicted molar refractivity (Wildman–Crippen MR) is 79.1 cm³/mol. The van der Waals surface area contributed by atoms with E-state index in [0.717, 1.165) is 19.5 Å². The number of rotatable bonds is 1. The highest BCUT2D eigenvalue weighted by Crippen LogP contribution is 2.34. The molecule has 19 heavy (non-hydrogen) atoms. The first-order valence-corrected chi connectivity index (χ1v) is 9.06. The molecule has 2 rings (SSSR count). The minimum absolute atomic E-state index is 0.177. The first kappa shape index (κ1) is 15.3. The van der Waals surface area contributed by atoms with Crippen molar-refractivity contribution >= 4 is 9.84 Å². The van der Waals surface area contributed by atoms with E-state index >= 15 is 0 Å². The van der Waals surface area contributed by atoms with E-state index in [-0.39, 0.29) is 11.0 Å². The predicted octanol–water partition coefficient (Wildman–Crippen LogP) is 1.27. The molecule has 0 aromatic heterocycles. The maximum absolute atomic E-state index is 11.8. The molecular weight excluding hydrogens is 260 g/mol. The molecule has 2 fully saturated rings. The summed E-state index contributed by atoms with van der Waals surface area (Å²) in [5.41, 5.74) is 0.0239. The Bertz CT molecular complexity index is 441. The van der Waals surface area contributed by atoms with E-state index in [9.17, 15) is 8.42 Å². The Morgan fingerprint density at radius 2 is 1.95 bits per heavy atom. The van der Waals surface area contributed by atoms with Gasteiger partial charge in [0, 0.05) is 30.7 Å². The van der Waals surface area contributed by atoms with Gasteiger partial charge in [0.1, 0.15) is 0 Å². The fourth-order valence-electron chi connectivity index (χ4n) is 3.42. The number of piperazine rings is 1. The van der Waals surface area contributed by atoms with E-state index < -0.39 is 9.84 Å². The zero-order valence-electron chi connectivity index (χ0n) is 12.9. The molecule has 0 aromatic carbocycles. The SMILES string of the molecule is CC1CNC(C(C)(C)C)CN1C1(C)CCS(=O)(=O)C1. The Kier molecular flexibility index (Phi) is 3.78. The van der Waals surface area contributed by atoms with Crippen LogP contribution in [0.2, 0.25) is 0 Å². The maximum Gasteiger partial charge on any atom is 0.152 e. The summed E-state index contributed by atoms with van der Waals surface area (Å²) in [5.74, 6) is 0.668. The summed E-state index contributed by atoms with van der Waals surface area (Å²) >= 11 is 0. The molecule has 0 bridgehead atoms. The lowest BCUT2D eigenvalue weighted by Gasteiger charge is -2.50. The summed E-state index contributed by atoms with van der Waals surface area (Å²) in [7, 11) is -2.84. The van der Waals surface area contributed by atoms with E-state index in [1.165, 1.54) is 0 Å². The second-order valence-electron chi connectivity index (χ2n) is 7.67. The summed E-state index contributed by atoms with van der Waals surface area (Å²) in [6.45, 7) is 12.9. The van der Waals surface area contributed by atoms with Gasteiger partial charge in [0.25, 0.3) is 0 Å². The molecule has 0 aromatic rings. The third-order valence-corrected chi connectivity index (χ3v) is 6.68. The highest BCUT2D eigenvalue weighted by atomic mass is 32.2. The smallest absolute Gasteiger partial charge is 0.152 e. The summed E-state index contributed by atoms with van der Waals surface area (Å²) in [6.07, 6.45) is 0.774. The Morgan fingerprint density at radius 3 is 2.42 bits per heavy atom. The van der Waals surface area contributed by atoms with Crippen molar-refractivity contribution in [2.45, 2.75) is 58.7 Å². The molecule has 3 unspecified atom stereocenters. The number of hydrogen-bond donors (Lipinski definition) is 1. The lowest BCUT2D eigenvalue weighted by molar-refractivity contribution is 0.0190. The number of nitrogens with one attached hydrogen (secondary N) is 1. The molecule has 0 amide bonds. The molecule has 112 valence electrons. The van der Waals surface area contributed by atoms with Gasteiger partial charge < -0.3 is 5.32 Å². The van der Waals surface area contributed by atoms with Crippen LogP contribution >= 0.6 is 0 Å². The molecule has 2 heterocycles. The zero-order valence-corrected chi connectivity index (χ0v) is 13.7. The van der Waals surface area contributed by atoms with E-state index in [4.69, 9.17) is 0 Å². The third kappa shape index (κ3) is 3.14. The van der Waals surface area contributed by atoms with Crippen LogP contribution < -0.4 is 5.32 Å². The molecule has 4 nitrogen and oxygen atoms in total. The highest BCUT2D eigenvalue weighted by molar-refractivity contribution is 7.91. The maximum atomic E-state index is 11.8. The molecule has 0 saturated carbocycles. The van der Waals surface area contributed by atoms with E-state index in [1.807, 2.05) is 0 Å². The zero-order chi connectivity index (χ0) is 14.5. The van der Waals surface area contributed by atoms with Crippen molar-refractivity contribution < 1.29 is 8.42 Å². The van der Waals surface area contributed by atoms with Crippen molar-refractivity contribution in [3.63, 3.8) is 0 Å². The average Bonchev–Trinajstić information content (AvgIpc) is 2.53. The second-order valence-corrected chi connectivity index (χ2v) is 9.85. The quantitative estimate of drug-likeness (QED) is 0.789. The Balaban J connectivity index is 2.18. The highest BCUT2D eigenvalue weighted by Gasteiger charge is 2.47. The van der Waals surface area contributed by atoms with Crippen LogP contribution in [0.5, 0.6) is 0 Å². The average molecular weight is 288 g/mol. The molecule has 0 radical (unpaired) electrons. The summed E-state index contributed by atoms with van der Waals surface area (Å²) < 4.78 is 23.7. The summed E-state index contributed by atoms with van der Waals surface area (Å²) in [6, 6.07) is 0.820. The van der Waals surface area contributed by atoms with Crippen LogP contribution in [0.3, 0.4) is 0 Å². The number of sulfone groups is 1. The molecule has 5 heteroatoms. The topological polar surface area (TPSA) is 49.4 Å². The van der Waals surface area contributed by atoms with Gasteiger partial charge in [-0.2, -0.15) is 0 Å². The lowest BCUT2D eigenvalue weighted by atomic mass is 9.83. The van der Waals surface area contributed by atoms with Crippen molar-refractivity contribution in [1.82, 2.24) is 10.2 Å². The standard InChI is InChI=1S/C14H28N2O2S/c1-11-8-15-12(13(2,3)4)9-16(11)14(5)6-7-19(17,18)10-14/h11-12,15H,6-10H2,1-5H3. The van der Waals surface area contributed by atoms with Crippen LogP contribution in [-0.2, 0) is 9.84 Å². The van der Waals surface area contributed by atoms with Crippen LogP contribution in [0.4, 0.5) is 0 Å². The van der Waals surface area contributed by atoms with Gasteiger partial charge in [-0.1, -0.05) is 20.8 Å². The van der Waals surface area contributed by atoms with Gasteiger partial charge in [0.15, 0.2) is 9.84 Å². The van der Waals surface area contributed by atoms with Crippen LogP contribution in [-0.4, -0.2) is 55.5 Å². The minimum atomic E-state index is -2.84. The fraction of sp³-hybridized carbons (Fsp3) is 1.00. The fourth-order valence-corrected chi connectivity index (χ4v) is 5.57. The second kappa shape index (κ2) is 4.71. The number of hydrogen-bond acceptors (Lipinski definition) is 4. The number of nitrogens with zero attached hydrogens (tertiary/aromatic N) is 1. The van der Waals surface area contributed by atoms with Crippen molar-refractivity contribution in [2.75, 3.05) is 24.6 Å². The van der Waals surface area contributed by atoms with Gasteiger partial charge >= 0.3 is 0 Å². The summed E-state index contributed by atoms with van der Waals surface area (Å²) in [5, 5.41) is 3.61. The molecule has 2 aliphatic heterocycles. The van der Waals surface area contributed by atoms with Gasteiger partial charge in [-0.05, 0) is 25.7 Å². The van der Waals surface area contributed by atoms with Crippen LogP contribution in [0.15, 0.2) is 0 Å². The molecule has 0 aliphatic carbocycles. The van der Waals surface area contributed by atoms with Crippen molar-refractivity contribution in [3.8, 4) is 0 Å². The first-order chi connectivity index (χ1) is 8.54. The van der Waals surface area contributed by atoms with Crippen LogP contribution in [0.25, 0.3) is 0 Å². The summed E-state index contributed by atoms with van der Waals surface area (Å²) in [4.78, 5) is 2.43. The molecule has 2 aliphatic rings. The molecular formula is C14H28N2O2S. The molecule has 2 saturated heterocycles. The largest absolute Gasteiger partial charge is 0.311 e. The van der Waals surface area contributed by atoms with Crippen LogP contribution in [0, 0.1) is 5.41 Å². The van der Waals surface area contributed by atoms with Gasteiger partial charge in [-0.3, -0.25) is 4.90 Å². The van der Waals surface area contributed by atoms with Gasteiger partial charge in [0.2, 0.25) is 0 Å². The van der Waals surface area contributed by atoms with Gasteiger partial charge in [-0.15, -0.1) is 0 Å². The minimum Gasteiger partial charge on any atom is -0.311 e. The third-order valence-electron chi connectivity index (χ3n) is 4.79. The van der Waals surface area contributed by atoms with Crippen molar-refractivity contribution in [1.29, 1.82) is 0 Å². The lowest BCUT2D eigenvalue weighted by Crippen LogP contribution is -2.65. The molecule has 0 spiro atoms. The van der Waals surface area contributed by atoms with E-state index in [0.29, 0.717) is 23.6 Å². The Hall–Kier alpha value is -0.130. The Labute approximate surface area is 117 Å². The first-order valence-electron chi connectivity index (χ1n) is 7.24. The van der Waals surface area contributed by atoms with Crippen LogP contribution in [0.1, 0.15) is 41.0 Å². The van der Waals surface area contributed by atoms with Gasteiger partial charge in [0.05, 0.1) is 11.5 Å². The normalized spacial score (nSPS) is 40.5. The molecule has 1 N–H and O–H groups in total. The van der Waals surface area contributed by atoms with Crippen molar-refractivity contribution in [2.24, 2.45) is 5.41 Å². The van der Waals surface area contributed by atoms with Gasteiger partial charge in [-0.25, -0.2) is 8.42 Å². The molecule has 3 atom stereocenters. The van der Waals surface area contributed by atoms with E-state index in [1.54, 1.807) is 0 Å². The van der Waals surface area contributed by atoms with Crippen molar-refractivity contribution in [3.05, 3.63) is 0 Å².